The van der Waals surface area contributed by atoms with Gasteiger partial charge in [0, 0.05) is 18.1 Å². The second-order valence-electron chi connectivity index (χ2n) is 5.81. The van der Waals surface area contributed by atoms with Crippen LogP contribution in [-0.2, 0) is 13.0 Å². The van der Waals surface area contributed by atoms with Crippen molar-refractivity contribution in [3.05, 3.63) is 76.4 Å². The number of anilines is 2. The van der Waals surface area contributed by atoms with Crippen LogP contribution in [0.4, 0.5) is 11.8 Å². The molecule has 1 heterocycles. The largest absolute Gasteiger partial charge is 0.368 e. The molecule has 0 amide bonds. The summed E-state index contributed by atoms with van der Waals surface area (Å²) >= 11 is 5.89. The Bertz CT molecular complexity index is 803. The van der Waals surface area contributed by atoms with Crippen LogP contribution in [0, 0.1) is 6.92 Å². The molecule has 0 aliphatic carbocycles. The summed E-state index contributed by atoms with van der Waals surface area (Å²) in [6, 6.07) is 16.2. The Hall–Kier alpha value is -2.66. The Morgan fingerprint density at radius 2 is 1.64 bits per heavy atom. The first kappa shape index (κ1) is 17.2. The van der Waals surface area contributed by atoms with Crippen molar-refractivity contribution in [1.82, 2.24) is 15.2 Å². The smallest absolute Gasteiger partial charge is 0.244 e. The van der Waals surface area contributed by atoms with Crippen LogP contribution in [0.25, 0.3) is 0 Å². The maximum atomic E-state index is 5.89. The van der Waals surface area contributed by atoms with Crippen LogP contribution >= 0.6 is 11.6 Å². The zero-order chi connectivity index (χ0) is 17.5. The van der Waals surface area contributed by atoms with Gasteiger partial charge in [-0.2, -0.15) is 10.1 Å². The van der Waals surface area contributed by atoms with E-state index in [-0.39, 0.29) is 0 Å². The molecule has 0 fully saturated rings. The van der Waals surface area contributed by atoms with Gasteiger partial charge in [0.05, 0.1) is 6.20 Å². The van der Waals surface area contributed by atoms with E-state index in [1.807, 2.05) is 24.3 Å². The highest BCUT2D eigenvalue weighted by Gasteiger charge is 2.01. The summed E-state index contributed by atoms with van der Waals surface area (Å²) in [5.74, 6) is 1.22. The molecule has 0 unspecified atom stereocenters. The average molecular weight is 354 g/mol. The van der Waals surface area contributed by atoms with Gasteiger partial charge in [-0.15, -0.1) is 5.10 Å². The van der Waals surface area contributed by atoms with Gasteiger partial charge in [0.1, 0.15) is 0 Å². The molecule has 0 aliphatic rings. The summed E-state index contributed by atoms with van der Waals surface area (Å²) in [6.07, 6.45) is 2.51. The lowest BCUT2D eigenvalue weighted by molar-refractivity contribution is 0.928. The van der Waals surface area contributed by atoms with Gasteiger partial charge in [-0.3, -0.25) is 0 Å². The van der Waals surface area contributed by atoms with E-state index in [2.05, 4.69) is 57.0 Å². The highest BCUT2D eigenvalue weighted by molar-refractivity contribution is 6.30. The van der Waals surface area contributed by atoms with Gasteiger partial charge in [-0.1, -0.05) is 53.6 Å². The summed E-state index contributed by atoms with van der Waals surface area (Å²) in [7, 11) is 0. The van der Waals surface area contributed by atoms with Gasteiger partial charge in [0.15, 0.2) is 5.82 Å². The van der Waals surface area contributed by atoms with Crippen LogP contribution in [0.15, 0.2) is 54.7 Å². The number of halogens is 1. The molecule has 0 bridgehead atoms. The molecule has 128 valence electrons. The third-order valence-corrected chi connectivity index (χ3v) is 4.02. The minimum atomic E-state index is 0.511. The van der Waals surface area contributed by atoms with Crippen LogP contribution in [0.3, 0.4) is 0 Å². The Labute approximate surface area is 152 Å². The van der Waals surface area contributed by atoms with E-state index >= 15 is 0 Å². The Balaban J connectivity index is 1.50. The number of benzene rings is 2. The lowest BCUT2D eigenvalue weighted by Crippen LogP contribution is -2.10. The molecular weight excluding hydrogens is 334 g/mol. The first-order valence-corrected chi connectivity index (χ1v) is 8.54. The molecule has 5 nitrogen and oxygen atoms in total. The molecule has 0 radical (unpaired) electrons. The fraction of sp³-hybridized carbons (Fsp3) is 0.211. The summed E-state index contributed by atoms with van der Waals surface area (Å²) in [4.78, 5) is 4.43. The van der Waals surface area contributed by atoms with E-state index < -0.39 is 0 Å². The van der Waals surface area contributed by atoms with E-state index in [1.165, 1.54) is 16.7 Å². The standard InChI is InChI=1S/C19H20ClN5/c1-14-2-4-16(5-3-14)12-22-19-24-18(13-23-25-19)21-11-10-15-6-8-17(20)9-7-15/h2-9,13H,10-12H2,1H3,(H2,21,22,24,25). The minimum Gasteiger partial charge on any atom is -0.368 e. The van der Waals surface area contributed by atoms with E-state index in [0.29, 0.717) is 18.3 Å². The Kier molecular flexibility index (Phi) is 5.80. The molecule has 0 saturated heterocycles. The summed E-state index contributed by atoms with van der Waals surface area (Å²) in [5, 5.41) is 15.2. The number of rotatable bonds is 7. The van der Waals surface area contributed by atoms with Crippen molar-refractivity contribution in [2.24, 2.45) is 0 Å². The Morgan fingerprint density at radius 1 is 0.920 bits per heavy atom. The fourth-order valence-corrected chi connectivity index (χ4v) is 2.46. The highest BCUT2D eigenvalue weighted by atomic mass is 35.5. The van der Waals surface area contributed by atoms with Crippen LogP contribution in [0.2, 0.25) is 5.02 Å². The van der Waals surface area contributed by atoms with Crippen LogP contribution in [0.5, 0.6) is 0 Å². The van der Waals surface area contributed by atoms with E-state index in [4.69, 9.17) is 11.6 Å². The molecule has 2 N–H and O–H groups in total. The molecule has 0 spiro atoms. The third-order valence-electron chi connectivity index (χ3n) is 3.76. The van der Waals surface area contributed by atoms with Crippen molar-refractivity contribution in [3.8, 4) is 0 Å². The van der Waals surface area contributed by atoms with E-state index in [0.717, 1.165) is 18.0 Å². The second-order valence-corrected chi connectivity index (χ2v) is 6.24. The summed E-state index contributed by atoms with van der Waals surface area (Å²) < 4.78 is 0. The third kappa shape index (κ3) is 5.43. The Morgan fingerprint density at radius 3 is 2.40 bits per heavy atom. The molecule has 3 rings (SSSR count). The molecule has 2 aromatic carbocycles. The second kappa shape index (κ2) is 8.44. The molecule has 0 saturated carbocycles. The van der Waals surface area contributed by atoms with Crippen molar-refractivity contribution in [2.75, 3.05) is 17.2 Å². The van der Waals surface area contributed by atoms with Gasteiger partial charge >= 0.3 is 0 Å². The summed E-state index contributed by atoms with van der Waals surface area (Å²) in [6.45, 7) is 3.50. The van der Waals surface area contributed by atoms with Gasteiger partial charge in [0.2, 0.25) is 5.95 Å². The lowest BCUT2D eigenvalue weighted by atomic mass is 10.1. The predicted molar refractivity (Wildman–Crippen MR) is 102 cm³/mol. The molecule has 6 heteroatoms. The maximum Gasteiger partial charge on any atom is 0.244 e. The van der Waals surface area contributed by atoms with Gasteiger partial charge in [0.25, 0.3) is 0 Å². The van der Waals surface area contributed by atoms with Gasteiger partial charge in [-0.25, -0.2) is 0 Å². The first-order valence-electron chi connectivity index (χ1n) is 8.16. The predicted octanol–water partition coefficient (Wildman–Crippen LogP) is 4.10. The lowest BCUT2D eigenvalue weighted by Gasteiger charge is -2.08. The zero-order valence-electron chi connectivity index (χ0n) is 14.0. The van der Waals surface area contributed by atoms with Crippen molar-refractivity contribution in [1.29, 1.82) is 0 Å². The topological polar surface area (TPSA) is 62.7 Å². The minimum absolute atomic E-state index is 0.511. The normalized spacial score (nSPS) is 10.5. The SMILES string of the molecule is Cc1ccc(CNc2nncc(NCCc3ccc(Cl)cc3)n2)cc1. The molecular formula is C19H20ClN5. The molecule has 0 aliphatic heterocycles. The number of hydrogen-bond donors (Lipinski definition) is 2. The van der Waals surface area contributed by atoms with Crippen LogP contribution in [-0.4, -0.2) is 21.7 Å². The van der Waals surface area contributed by atoms with Gasteiger partial charge in [-0.05, 0) is 36.6 Å². The van der Waals surface area contributed by atoms with Crippen molar-refractivity contribution in [3.63, 3.8) is 0 Å². The number of aromatic nitrogens is 3. The van der Waals surface area contributed by atoms with E-state index in [9.17, 15) is 0 Å². The van der Waals surface area contributed by atoms with Crippen LogP contribution < -0.4 is 10.6 Å². The quantitative estimate of drug-likeness (QED) is 0.669. The molecule has 3 aromatic rings. The monoisotopic (exact) mass is 353 g/mol. The van der Waals surface area contributed by atoms with Crippen molar-refractivity contribution < 1.29 is 0 Å². The molecule has 0 atom stereocenters. The first-order chi connectivity index (χ1) is 12.2. The summed E-state index contributed by atoms with van der Waals surface area (Å²) in [5.41, 5.74) is 3.64. The maximum absolute atomic E-state index is 5.89. The number of nitrogens with zero attached hydrogens (tertiary/aromatic N) is 3. The van der Waals surface area contributed by atoms with E-state index in [1.54, 1.807) is 6.20 Å². The zero-order valence-corrected chi connectivity index (χ0v) is 14.8. The van der Waals surface area contributed by atoms with Crippen LogP contribution in [0.1, 0.15) is 16.7 Å². The van der Waals surface area contributed by atoms with Crippen molar-refractivity contribution in [2.45, 2.75) is 19.9 Å². The van der Waals surface area contributed by atoms with Gasteiger partial charge < -0.3 is 10.6 Å². The number of aryl methyl sites for hydroxylation is 1. The highest BCUT2D eigenvalue weighted by Crippen LogP contribution is 2.11. The number of hydrogen-bond acceptors (Lipinski definition) is 5. The fourth-order valence-electron chi connectivity index (χ4n) is 2.34. The molecule has 25 heavy (non-hydrogen) atoms. The average Bonchev–Trinajstić information content (AvgIpc) is 2.63. The molecule has 1 aromatic heterocycles. The van der Waals surface area contributed by atoms with Crippen molar-refractivity contribution >= 4 is 23.4 Å². The number of nitrogens with one attached hydrogen (secondary N) is 2.